The van der Waals surface area contributed by atoms with Crippen molar-refractivity contribution in [1.82, 2.24) is 4.98 Å². The number of H-pyrrole nitrogens is 1. The summed E-state index contributed by atoms with van der Waals surface area (Å²) in [6.45, 7) is 1.03. The van der Waals surface area contributed by atoms with E-state index in [1.165, 1.54) is 0 Å². The van der Waals surface area contributed by atoms with Crippen LogP contribution in [0.25, 0.3) is 10.9 Å². The lowest BCUT2D eigenvalue weighted by molar-refractivity contribution is 0.302. The lowest BCUT2D eigenvalue weighted by Crippen LogP contribution is -1.95. The minimum Gasteiger partial charge on any atom is -0.487 e. The van der Waals surface area contributed by atoms with E-state index in [2.05, 4.69) is 17.1 Å². The first-order chi connectivity index (χ1) is 9.74. The van der Waals surface area contributed by atoms with Crippen LogP contribution < -0.4 is 10.5 Å². The van der Waals surface area contributed by atoms with Crippen molar-refractivity contribution in [3.8, 4) is 5.75 Å². The van der Waals surface area contributed by atoms with E-state index in [9.17, 15) is 0 Å². The molecule has 3 nitrogen and oxygen atoms in total. The Morgan fingerprint density at radius 2 is 2.00 bits per heavy atom. The lowest BCUT2D eigenvalue weighted by Gasteiger charge is -2.04. The number of aromatic nitrogens is 1. The molecule has 0 bridgehead atoms. The highest BCUT2D eigenvalue weighted by atomic mass is 35.5. The molecule has 0 radical (unpaired) electrons. The highest BCUT2D eigenvalue weighted by Crippen LogP contribution is 2.21. The van der Waals surface area contributed by atoms with E-state index in [1.807, 2.05) is 30.3 Å². The molecule has 0 aliphatic heterocycles. The molecule has 3 N–H and O–H groups in total. The van der Waals surface area contributed by atoms with Crippen LogP contribution in [-0.4, -0.2) is 4.98 Å². The summed E-state index contributed by atoms with van der Waals surface area (Å²) in [6.07, 6.45) is 0. The molecule has 0 atom stereocenters. The van der Waals surface area contributed by atoms with Crippen molar-refractivity contribution in [3.63, 3.8) is 0 Å². The van der Waals surface area contributed by atoms with Crippen molar-refractivity contribution in [2.24, 2.45) is 5.73 Å². The Morgan fingerprint density at radius 3 is 2.80 bits per heavy atom. The fraction of sp³-hybridized carbons (Fsp3) is 0.125. The number of benzene rings is 2. The standard InChI is InChI=1S/C16H15ClN2O/c17-13-2-1-3-15(8-13)20-10-14-7-12-6-11(9-18)4-5-16(12)19-14/h1-8,19H,9-10,18H2. The van der Waals surface area contributed by atoms with Crippen LogP contribution in [0.15, 0.2) is 48.5 Å². The van der Waals surface area contributed by atoms with E-state index in [0.717, 1.165) is 27.9 Å². The van der Waals surface area contributed by atoms with Crippen LogP contribution in [0.5, 0.6) is 5.75 Å². The van der Waals surface area contributed by atoms with Gasteiger partial charge in [-0.2, -0.15) is 0 Å². The second-order valence-electron chi connectivity index (χ2n) is 4.67. The molecule has 0 saturated heterocycles. The zero-order valence-corrected chi connectivity index (χ0v) is 11.7. The molecule has 1 aromatic heterocycles. The zero-order chi connectivity index (χ0) is 13.9. The van der Waals surface area contributed by atoms with Gasteiger partial charge in [-0.05, 0) is 42.0 Å². The van der Waals surface area contributed by atoms with Gasteiger partial charge in [0, 0.05) is 22.5 Å². The summed E-state index contributed by atoms with van der Waals surface area (Å²) in [4.78, 5) is 3.33. The second-order valence-corrected chi connectivity index (χ2v) is 5.10. The molecule has 0 fully saturated rings. The second kappa shape index (κ2) is 5.57. The number of nitrogens with one attached hydrogen (secondary N) is 1. The first-order valence-corrected chi connectivity index (χ1v) is 6.81. The molecule has 0 aliphatic carbocycles. The largest absolute Gasteiger partial charge is 0.487 e. The molecule has 1 heterocycles. The van der Waals surface area contributed by atoms with Gasteiger partial charge >= 0.3 is 0 Å². The number of aromatic amines is 1. The van der Waals surface area contributed by atoms with Gasteiger partial charge < -0.3 is 15.5 Å². The number of fused-ring (bicyclic) bond motifs is 1. The first-order valence-electron chi connectivity index (χ1n) is 6.43. The van der Waals surface area contributed by atoms with Gasteiger partial charge in [0.2, 0.25) is 0 Å². The predicted octanol–water partition coefficient (Wildman–Crippen LogP) is 3.86. The number of halogens is 1. The highest BCUT2D eigenvalue weighted by Gasteiger charge is 2.03. The maximum atomic E-state index is 5.92. The van der Waals surface area contributed by atoms with Gasteiger partial charge in [-0.15, -0.1) is 0 Å². The quantitative estimate of drug-likeness (QED) is 0.765. The Balaban J connectivity index is 1.77. The highest BCUT2D eigenvalue weighted by molar-refractivity contribution is 6.30. The fourth-order valence-corrected chi connectivity index (χ4v) is 2.35. The molecule has 3 aromatic rings. The van der Waals surface area contributed by atoms with Crippen molar-refractivity contribution in [1.29, 1.82) is 0 Å². The Morgan fingerprint density at radius 1 is 1.10 bits per heavy atom. The first kappa shape index (κ1) is 13.0. The van der Waals surface area contributed by atoms with E-state index in [1.54, 1.807) is 6.07 Å². The minimum absolute atomic E-state index is 0.479. The molecule has 0 unspecified atom stereocenters. The molecule has 0 spiro atoms. The molecular formula is C16H15ClN2O. The van der Waals surface area contributed by atoms with Gasteiger partial charge in [-0.1, -0.05) is 23.7 Å². The molecular weight excluding hydrogens is 272 g/mol. The summed E-state index contributed by atoms with van der Waals surface area (Å²) < 4.78 is 5.72. The molecule has 0 aliphatic rings. The average molecular weight is 287 g/mol. The summed E-state index contributed by atoms with van der Waals surface area (Å²) in [7, 11) is 0. The average Bonchev–Trinajstić information content (AvgIpc) is 2.87. The molecule has 20 heavy (non-hydrogen) atoms. The minimum atomic E-state index is 0.479. The molecule has 2 aromatic carbocycles. The Hall–Kier alpha value is -1.97. The molecule has 102 valence electrons. The van der Waals surface area contributed by atoms with E-state index >= 15 is 0 Å². The van der Waals surface area contributed by atoms with Gasteiger partial charge in [0.25, 0.3) is 0 Å². The van der Waals surface area contributed by atoms with Gasteiger partial charge in [-0.3, -0.25) is 0 Å². The summed E-state index contributed by atoms with van der Waals surface area (Å²) in [6, 6.07) is 15.6. The Kier molecular flexibility index (Phi) is 3.63. The molecule has 3 rings (SSSR count). The summed E-state index contributed by atoms with van der Waals surface area (Å²) in [5.74, 6) is 0.763. The SMILES string of the molecule is NCc1ccc2[nH]c(COc3cccc(Cl)c3)cc2c1. The number of rotatable bonds is 4. The summed E-state index contributed by atoms with van der Waals surface area (Å²) in [5, 5.41) is 1.82. The normalized spacial score (nSPS) is 10.9. The fourth-order valence-electron chi connectivity index (χ4n) is 2.16. The van der Waals surface area contributed by atoms with Crippen molar-refractivity contribution in [2.45, 2.75) is 13.2 Å². The zero-order valence-electron chi connectivity index (χ0n) is 10.9. The Labute approximate surface area is 122 Å². The predicted molar refractivity (Wildman–Crippen MR) is 82.0 cm³/mol. The van der Waals surface area contributed by atoms with Gasteiger partial charge in [0.05, 0.1) is 5.69 Å². The number of hydrogen-bond acceptors (Lipinski definition) is 2. The molecule has 4 heteroatoms. The number of ether oxygens (including phenoxy) is 1. The maximum Gasteiger partial charge on any atom is 0.128 e. The lowest BCUT2D eigenvalue weighted by atomic mass is 10.1. The van der Waals surface area contributed by atoms with Crippen LogP contribution in [0.4, 0.5) is 0 Å². The van der Waals surface area contributed by atoms with Crippen molar-refractivity contribution in [3.05, 3.63) is 64.8 Å². The summed E-state index contributed by atoms with van der Waals surface area (Å²) in [5.41, 5.74) is 8.89. The third-order valence-corrected chi connectivity index (χ3v) is 3.40. The van der Waals surface area contributed by atoms with Crippen LogP contribution in [0.3, 0.4) is 0 Å². The molecule has 0 amide bonds. The van der Waals surface area contributed by atoms with Crippen LogP contribution in [0.2, 0.25) is 5.02 Å². The van der Waals surface area contributed by atoms with Gasteiger partial charge in [0.15, 0.2) is 0 Å². The monoisotopic (exact) mass is 286 g/mol. The maximum absolute atomic E-state index is 5.92. The van der Waals surface area contributed by atoms with Crippen LogP contribution in [-0.2, 0) is 13.2 Å². The van der Waals surface area contributed by atoms with Crippen LogP contribution >= 0.6 is 11.6 Å². The van der Waals surface area contributed by atoms with Crippen molar-refractivity contribution in [2.75, 3.05) is 0 Å². The topological polar surface area (TPSA) is 51.0 Å². The van der Waals surface area contributed by atoms with E-state index in [0.29, 0.717) is 18.2 Å². The van der Waals surface area contributed by atoms with Crippen LogP contribution in [0, 0.1) is 0 Å². The van der Waals surface area contributed by atoms with Crippen molar-refractivity contribution >= 4 is 22.5 Å². The van der Waals surface area contributed by atoms with Crippen LogP contribution in [0.1, 0.15) is 11.3 Å². The van der Waals surface area contributed by atoms with Crippen molar-refractivity contribution < 1.29 is 4.74 Å². The Bertz CT molecular complexity index is 736. The van der Waals surface area contributed by atoms with Gasteiger partial charge in [-0.25, -0.2) is 0 Å². The third-order valence-electron chi connectivity index (χ3n) is 3.17. The third kappa shape index (κ3) is 2.79. The van der Waals surface area contributed by atoms with E-state index in [-0.39, 0.29) is 0 Å². The van der Waals surface area contributed by atoms with Gasteiger partial charge in [0.1, 0.15) is 12.4 Å². The number of hydrogen-bond donors (Lipinski definition) is 2. The van der Waals surface area contributed by atoms with E-state index < -0.39 is 0 Å². The smallest absolute Gasteiger partial charge is 0.128 e. The number of nitrogens with two attached hydrogens (primary N) is 1. The summed E-state index contributed by atoms with van der Waals surface area (Å²) >= 11 is 5.92. The molecule has 0 saturated carbocycles. The van der Waals surface area contributed by atoms with E-state index in [4.69, 9.17) is 22.1 Å².